The molecule has 1 aromatic carbocycles. The minimum atomic E-state index is 0.210. The summed E-state index contributed by atoms with van der Waals surface area (Å²) in [5.41, 5.74) is 6.76. The Morgan fingerprint density at radius 1 is 1.35 bits per heavy atom. The molecule has 0 spiro atoms. The summed E-state index contributed by atoms with van der Waals surface area (Å²) in [4.78, 5) is 2.19. The lowest BCUT2D eigenvalue weighted by Gasteiger charge is -2.27. The van der Waals surface area contributed by atoms with Crippen molar-refractivity contribution >= 4 is 29.4 Å². The molecule has 2 rings (SSSR count). The Labute approximate surface area is 129 Å². The van der Waals surface area contributed by atoms with Gasteiger partial charge in [0.05, 0.1) is 0 Å². The van der Waals surface area contributed by atoms with Crippen LogP contribution in [-0.4, -0.2) is 22.5 Å². The van der Waals surface area contributed by atoms with Gasteiger partial charge in [-0.1, -0.05) is 31.0 Å². The van der Waals surface area contributed by atoms with Gasteiger partial charge in [-0.2, -0.15) is 0 Å². The van der Waals surface area contributed by atoms with E-state index in [1.165, 1.54) is 25.7 Å². The molecule has 0 aromatic heterocycles. The molecule has 3 N–H and O–H groups in total. The number of thioether (sulfide) groups is 2. The van der Waals surface area contributed by atoms with Crippen molar-refractivity contribution in [3.63, 3.8) is 0 Å². The Morgan fingerprint density at radius 2 is 2.10 bits per heavy atom. The summed E-state index contributed by atoms with van der Waals surface area (Å²) < 4.78 is 0. The summed E-state index contributed by atoms with van der Waals surface area (Å²) in [5, 5.41) is 12.9. The molecule has 0 bridgehead atoms. The van der Waals surface area contributed by atoms with Crippen LogP contribution in [0.2, 0.25) is 0 Å². The highest BCUT2D eigenvalue weighted by atomic mass is 32.2. The summed E-state index contributed by atoms with van der Waals surface area (Å²) in [5.74, 6) is 1.01. The first-order chi connectivity index (χ1) is 9.65. The Kier molecular flexibility index (Phi) is 5.66. The van der Waals surface area contributed by atoms with E-state index in [0.29, 0.717) is 5.25 Å². The van der Waals surface area contributed by atoms with Crippen LogP contribution < -0.4 is 5.73 Å². The van der Waals surface area contributed by atoms with Crippen LogP contribution >= 0.6 is 23.5 Å². The van der Waals surface area contributed by atoms with Gasteiger partial charge in [0.25, 0.3) is 0 Å². The van der Waals surface area contributed by atoms with Gasteiger partial charge in [0.2, 0.25) is 0 Å². The molecule has 2 atom stereocenters. The predicted octanol–water partition coefficient (Wildman–Crippen LogP) is 4.17. The zero-order valence-corrected chi connectivity index (χ0v) is 13.6. The number of benzene rings is 1. The van der Waals surface area contributed by atoms with Gasteiger partial charge in [0.1, 0.15) is 0 Å². The predicted molar refractivity (Wildman–Crippen MR) is 88.0 cm³/mol. The van der Waals surface area contributed by atoms with E-state index < -0.39 is 0 Å². The van der Waals surface area contributed by atoms with Crippen molar-refractivity contribution in [2.24, 2.45) is 16.8 Å². The van der Waals surface area contributed by atoms with Gasteiger partial charge >= 0.3 is 0 Å². The Balaban J connectivity index is 2.26. The molecular weight excluding hydrogens is 288 g/mol. The molecule has 0 saturated heterocycles. The lowest BCUT2D eigenvalue weighted by Crippen LogP contribution is -2.18. The number of oxime groups is 1. The van der Waals surface area contributed by atoms with Gasteiger partial charge < -0.3 is 10.9 Å². The Hall–Kier alpha value is -0.810. The molecule has 5 heteroatoms. The number of hydrogen-bond donors (Lipinski definition) is 2. The fourth-order valence-corrected chi connectivity index (χ4v) is 5.00. The van der Waals surface area contributed by atoms with Gasteiger partial charge in [-0.05, 0) is 37.1 Å². The van der Waals surface area contributed by atoms with E-state index in [1.54, 1.807) is 11.8 Å². The van der Waals surface area contributed by atoms with E-state index in [1.807, 2.05) is 24.1 Å². The number of rotatable bonds is 4. The SMILES string of the molecule is CSc1cccc(SC2CCCC(C)C2)c1/C(N)=N/O. The molecule has 110 valence electrons. The maximum atomic E-state index is 9.02. The van der Waals surface area contributed by atoms with Crippen LogP contribution in [0.25, 0.3) is 0 Å². The Morgan fingerprint density at radius 3 is 2.75 bits per heavy atom. The van der Waals surface area contributed by atoms with Gasteiger partial charge in [0, 0.05) is 20.6 Å². The lowest BCUT2D eigenvalue weighted by molar-refractivity contribution is 0.318. The number of amidine groups is 1. The normalized spacial score (nSPS) is 23.8. The summed E-state index contributed by atoms with van der Waals surface area (Å²) in [6, 6.07) is 6.15. The molecule has 0 radical (unpaired) electrons. The van der Waals surface area contributed by atoms with Crippen molar-refractivity contribution in [2.45, 2.75) is 47.6 Å². The Bertz CT molecular complexity index is 491. The topological polar surface area (TPSA) is 58.6 Å². The quantitative estimate of drug-likeness (QED) is 0.288. The second kappa shape index (κ2) is 7.27. The summed E-state index contributed by atoms with van der Waals surface area (Å²) in [6.07, 6.45) is 7.17. The molecule has 2 unspecified atom stereocenters. The van der Waals surface area contributed by atoms with Gasteiger partial charge in [-0.3, -0.25) is 0 Å². The van der Waals surface area contributed by atoms with Crippen LogP contribution in [0, 0.1) is 5.92 Å². The van der Waals surface area contributed by atoms with Crippen molar-refractivity contribution in [2.75, 3.05) is 6.26 Å². The maximum Gasteiger partial charge on any atom is 0.172 e. The molecule has 1 aromatic rings. The van der Waals surface area contributed by atoms with E-state index >= 15 is 0 Å². The van der Waals surface area contributed by atoms with Crippen LogP contribution in [0.15, 0.2) is 33.1 Å². The first-order valence-electron chi connectivity index (χ1n) is 6.97. The van der Waals surface area contributed by atoms with Gasteiger partial charge in [-0.25, -0.2) is 0 Å². The third-order valence-electron chi connectivity index (χ3n) is 3.75. The highest BCUT2D eigenvalue weighted by Gasteiger charge is 2.22. The van der Waals surface area contributed by atoms with E-state index in [-0.39, 0.29) is 5.84 Å². The molecule has 3 nitrogen and oxygen atoms in total. The number of nitrogens with zero attached hydrogens (tertiary/aromatic N) is 1. The average Bonchev–Trinajstić information content (AvgIpc) is 2.46. The van der Waals surface area contributed by atoms with Gasteiger partial charge in [-0.15, -0.1) is 23.5 Å². The van der Waals surface area contributed by atoms with Crippen molar-refractivity contribution in [1.82, 2.24) is 0 Å². The van der Waals surface area contributed by atoms with Crippen LogP contribution in [0.4, 0.5) is 0 Å². The minimum absolute atomic E-state index is 0.210. The third kappa shape index (κ3) is 3.64. The molecule has 0 amide bonds. The molecule has 1 aliphatic rings. The number of hydrogen-bond acceptors (Lipinski definition) is 4. The van der Waals surface area contributed by atoms with Crippen LogP contribution in [0.3, 0.4) is 0 Å². The van der Waals surface area contributed by atoms with Crippen LogP contribution in [0.1, 0.15) is 38.2 Å². The molecule has 1 fully saturated rings. The molecular formula is C15H22N2OS2. The minimum Gasteiger partial charge on any atom is -0.409 e. The largest absolute Gasteiger partial charge is 0.409 e. The van der Waals surface area contributed by atoms with Crippen LogP contribution in [-0.2, 0) is 0 Å². The first kappa shape index (κ1) is 15.6. The average molecular weight is 310 g/mol. The molecule has 1 saturated carbocycles. The summed E-state index contributed by atoms with van der Waals surface area (Å²) >= 11 is 3.51. The molecule has 20 heavy (non-hydrogen) atoms. The lowest BCUT2D eigenvalue weighted by atomic mass is 9.91. The molecule has 0 aliphatic heterocycles. The second-order valence-electron chi connectivity index (χ2n) is 5.33. The second-order valence-corrected chi connectivity index (χ2v) is 7.52. The van der Waals surface area contributed by atoms with E-state index in [4.69, 9.17) is 10.9 Å². The van der Waals surface area contributed by atoms with E-state index in [0.717, 1.165) is 21.3 Å². The van der Waals surface area contributed by atoms with Crippen LogP contribution in [0.5, 0.6) is 0 Å². The third-order valence-corrected chi connectivity index (χ3v) is 5.89. The van der Waals surface area contributed by atoms with Crippen molar-refractivity contribution in [1.29, 1.82) is 0 Å². The molecule has 0 heterocycles. The highest BCUT2D eigenvalue weighted by molar-refractivity contribution is 8.00. The fourth-order valence-electron chi connectivity index (χ4n) is 2.75. The monoisotopic (exact) mass is 310 g/mol. The molecule has 1 aliphatic carbocycles. The van der Waals surface area contributed by atoms with Crippen molar-refractivity contribution in [3.05, 3.63) is 23.8 Å². The zero-order chi connectivity index (χ0) is 14.5. The fraction of sp³-hybridized carbons (Fsp3) is 0.533. The van der Waals surface area contributed by atoms with Gasteiger partial charge in [0.15, 0.2) is 5.84 Å². The smallest absolute Gasteiger partial charge is 0.172 e. The van der Waals surface area contributed by atoms with E-state index in [2.05, 4.69) is 24.2 Å². The van der Waals surface area contributed by atoms with E-state index in [9.17, 15) is 0 Å². The van der Waals surface area contributed by atoms with Crippen molar-refractivity contribution in [3.8, 4) is 0 Å². The van der Waals surface area contributed by atoms with Crippen molar-refractivity contribution < 1.29 is 5.21 Å². The standard InChI is InChI=1S/C15H22N2OS2/c1-10-5-3-6-11(9-10)20-13-8-4-7-12(19-2)14(13)15(16)17-18/h4,7-8,10-11,18H,3,5-6,9H2,1-2H3,(H2,16,17). The maximum absolute atomic E-state index is 9.02. The summed E-state index contributed by atoms with van der Waals surface area (Å²) in [7, 11) is 0. The number of nitrogens with two attached hydrogens (primary N) is 1. The first-order valence-corrected chi connectivity index (χ1v) is 9.07. The highest BCUT2D eigenvalue weighted by Crippen LogP contribution is 2.39. The zero-order valence-electron chi connectivity index (χ0n) is 12.0. The summed E-state index contributed by atoms with van der Waals surface area (Å²) in [6.45, 7) is 2.33.